The van der Waals surface area contributed by atoms with E-state index in [-0.39, 0.29) is 30.3 Å². The maximum atomic E-state index is 13.1. The van der Waals surface area contributed by atoms with E-state index in [1.807, 2.05) is 0 Å². The number of sulfone groups is 1. The summed E-state index contributed by atoms with van der Waals surface area (Å²) in [6, 6.07) is 2.89. The molecule has 1 aromatic heterocycles. The number of halogens is 6. The van der Waals surface area contributed by atoms with Crippen molar-refractivity contribution < 1.29 is 48.7 Å². The van der Waals surface area contributed by atoms with Gasteiger partial charge in [-0.3, -0.25) is 4.79 Å². The maximum absolute atomic E-state index is 13.1. The van der Waals surface area contributed by atoms with E-state index in [4.69, 9.17) is 9.15 Å². The number of carbonyl (C=O) groups excluding carboxylic acids is 1. The van der Waals surface area contributed by atoms with Crippen LogP contribution in [0.1, 0.15) is 41.3 Å². The van der Waals surface area contributed by atoms with Crippen LogP contribution < -0.4 is 4.74 Å². The summed E-state index contributed by atoms with van der Waals surface area (Å²) in [6.07, 6.45) is -10.2. The molecule has 0 N–H and O–H groups in total. The number of alkyl halides is 6. The molecule has 2 aromatic rings. The zero-order chi connectivity index (χ0) is 24.8. The van der Waals surface area contributed by atoms with Gasteiger partial charge < -0.3 is 14.1 Å². The van der Waals surface area contributed by atoms with Crippen molar-refractivity contribution in [2.75, 3.05) is 19.3 Å². The molecular formula is C19H18F6N2O5S. The molecule has 0 spiro atoms. The Bertz CT molecular complexity index is 1140. The molecule has 33 heavy (non-hydrogen) atoms. The molecule has 3 rings (SSSR count). The van der Waals surface area contributed by atoms with E-state index >= 15 is 0 Å². The molecule has 0 bridgehead atoms. The maximum Gasteiger partial charge on any atom is 0.451 e. The van der Waals surface area contributed by atoms with Gasteiger partial charge in [0.25, 0.3) is 5.91 Å². The molecule has 182 valence electrons. The van der Waals surface area contributed by atoms with Crippen molar-refractivity contribution >= 4 is 15.7 Å². The van der Waals surface area contributed by atoms with Gasteiger partial charge in [0.05, 0.1) is 22.6 Å². The smallest absolute Gasteiger partial charge is 0.451 e. The molecule has 14 heteroatoms. The van der Waals surface area contributed by atoms with Crippen molar-refractivity contribution in [1.29, 1.82) is 0 Å². The molecular weight excluding hydrogens is 482 g/mol. The molecule has 1 fully saturated rings. The summed E-state index contributed by atoms with van der Waals surface area (Å²) in [5, 5.41) is 0. The molecule has 1 aliphatic heterocycles. The van der Waals surface area contributed by atoms with E-state index in [0.717, 1.165) is 36.3 Å². The highest BCUT2D eigenvalue weighted by atomic mass is 32.2. The number of hydrogen-bond acceptors (Lipinski definition) is 6. The normalized spacial score (nSPS) is 18.4. The van der Waals surface area contributed by atoms with Gasteiger partial charge in [0.15, 0.2) is 21.8 Å². The Labute approximate surface area is 184 Å². The first-order valence-corrected chi connectivity index (χ1v) is 11.4. The predicted molar refractivity (Wildman–Crippen MR) is 100 cm³/mol. The fourth-order valence-electron chi connectivity index (χ4n) is 3.19. The van der Waals surface area contributed by atoms with E-state index in [2.05, 4.69) is 4.98 Å². The Kier molecular flexibility index (Phi) is 6.43. The standard InChI is InChI=1S/C19H18F6N2O5S/c1-10(18(20,21)22)31-14-4-3-12(33(2,29)30)7-13(14)17(28)27-6-5-11(9-27)16-26-8-15(32-16)19(23,24)25/h3-4,7-8,10-11H,5-6,9H2,1-2H3/t10-,11?/m0/s1. The minimum atomic E-state index is -4.74. The number of oxazole rings is 1. The Morgan fingerprint density at radius 1 is 1.24 bits per heavy atom. The van der Waals surface area contributed by atoms with Crippen LogP contribution in [-0.2, 0) is 16.0 Å². The summed E-state index contributed by atoms with van der Waals surface area (Å²) in [6.45, 7) is 0.629. The van der Waals surface area contributed by atoms with Crippen molar-refractivity contribution in [2.45, 2.75) is 42.6 Å². The first-order chi connectivity index (χ1) is 15.1. The van der Waals surface area contributed by atoms with Crippen molar-refractivity contribution in [1.82, 2.24) is 9.88 Å². The third-order valence-corrected chi connectivity index (χ3v) is 6.11. The van der Waals surface area contributed by atoms with Gasteiger partial charge in [-0.15, -0.1) is 0 Å². The van der Waals surface area contributed by atoms with Crippen LogP contribution in [0.2, 0.25) is 0 Å². The van der Waals surface area contributed by atoms with E-state index in [1.54, 1.807) is 0 Å². The molecule has 2 atom stereocenters. The van der Waals surface area contributed by atoms with Crippen molar-refractivity contribution in [3.05, 3.63) is 41.6 Å². The summed E-state index contributed by atoms with van der Waals surface area (Å²) in [5.74, 6) is -3.52. The van der Waals surface area contributed by atoms with Gasteiger partial charge in [-0.05, 0) is 31.5 Å². The Morgan fingerprint density at radius 3 is 2.45 bits per heavy atom. The van der Waals surface area contributed by atoms with E-state index < -0.39 is 57.2 Å². The van der Waals surface area contributed by atoms with Crippen LogP contribution >= 0.6 is 0 Å². The van der Waals surface area contributed by atoms with Gasteiger partial charge in [0.2, 0.25) is 5.76 Å². The number of aromatic nitrogens is 1. The van der Waals surface area contributed by atoms with Crippen LogP contribution in [0.5, 0.6) is 5.75 Å². The Morgan fingerprint density at radius 2 is 1.91 bits per heavy atom. The first kappa shape index (κ1) is 24.9. The summed E-state index contributed by atoms with van der Waals surface area (Å²) in [5.41, 5.74) is -0.418. The lowest BCUT2D eigenvalue weighted by Crippen LogP contribution is -2.33. The fourth-order valence-corrected chi connectivity index (χ4v) is 3.84. The second kappa shape index (κ2) is 8.54. The lowest BCUT2D eigenvalue weighted by atomic mass is 10.1. The molecule has 0 aliphatic carbocycles. The minimum Gasteiger partial charge on any atom is -0.480 e. The molecule has 1 aliphatic rings. The molecule has 7 nitrogen and oxygen atoms in total. The number of rotatable bonds is 5. The Balaban J connectivity index is 1.88. The van der Waals surface area contributed by atoms with Gasteiger partial charge >= 0.3 is 12.4 Å². The molecule has 1 unspecified atom stereocenters. The van der Waals surface area contributed by atoms with E-state index in [0.29, 0.717) is 6.20 Å². The van der Waals surface area contributed by atoms with E-state index in [9.17, 15) is 39.6 Å². The van der Waals surface area contributed by atoms with Gasteiger partial charge in [-0.2, -0.15) is 26.3 Å². The van der Waals surface area contributed by atoms with Gasteiger partial charge in [-0.1, -0.05) is 0 Å². The highest BCUT2D eigenvalue weighted by Crippen LogP contribution is 2.35. The van der Waals surface area contributed by atoms with Crippen molar-refractivity contribution in [2.24, 2.45) is 0 Å². The summed E-state index contributed by atoms with van der Waals surface area (Å²) in [7, 11) is -3.80. The zero-order valence-corrected chi connectivity index (χ0v) is 18.0. The molecule has 0 radical (unpaired) electrons. The second-order valence-electron chi connectivity index (χ2n) is 7.53. The first-order valence-electron chi connectivity index (χ1n) is 9.47. The number of nitrogens with zero attached hydrogens (tertiary/aromatic N) is 2. The van der Waals surface area contributed by atoms with E-state index in [1.165, 1.54) is 0 Å². The number of likely N-dealkylation sites (tertiary alicyclic amines) is 1. The van der Waals surface area contributed by atoms with Crippen molar-refractivity contribution in [3.63, 3.8) is 0 Å². The fraction of sp³-hybridized carbons (Fsp3) is 0.474. The van der Waals surface area contributed by atoms with Crippen LogP contribution in [-0.4, -0.2) is 55.8 Å². The number of carbonyl (C=O) groups is 1. The number of amides is 1. The van der Waals surface area contributed by atoms with Crippen LogP contribution in [0.25, 0.3) is 0 Å². The predicted octanol–water partition coefficient (Wildman–Crippen LogP) is 4.06. The highest BCUT2D eigenvalue weighted by molar-refractivity contribution is 7.90. The van der Waals surface area contributed by atoms with Crippen LogP contribution in [0, 0.1) is 0 Å². The minimum absolute atomic E-state index is 0.0323. The lowest BCUT2D eigenvalue weighted by Gasteiger charge is -2.22. The largest absolute Gasteiger partial charge is 0.480 e. The quantitative estimate of drug-likeness (QED) is 0.576. The SMILES string of the molecule is C[C@H](Oc1ccc(S(C)(=O)=O)cc1C(=O)N1CCC(c2ncc(C(F)(F)F)o2)C1)C(F)(F)F. The summed E-state index contributed by atoms with van der Waals surface area (Å²) < 4.78 is 110. The van der Waals surface area contributed by atoms with Crippen LogP contribution in [0.3, 0.4) is 0 Å². The molecule has 0 saturated carbocycles. The van der Waals surface area contributed by atoms with Crippen molar-refractivity contribution in [3.8, 4) is 5.75 Å². The zero-order valence-electron chi connectivity index (χ0n) is 17.2. The molecule has 1 amide bonds. The number of ether oxygens (including phenoxy) is 1. The summed E-state index contributed by atoms with van der Waals surface area (Å²) >= 11 is 0. The summed E-state index contributed by atoms with van der Waals surface area (Å²) in [4.78, 5) is 17.5. The highest BCUT2D eigenvalue weighted by Gasteiger charge is 2.40. The van der Waals surface area contributed by atoms with Crippen LogP contribution in [0.4, 0.5) is 26.3 Å². The molecule has 1 saturated heterocycles. The average molecular weight is 500 g/mol. The third-order valence-electron chi connectivity index (χ3n) is 5.00. The monoisotopic (exact) mass is 500 g/mol. The Hall–Kier alpha value is -2.77. The average Bonchev–Trinajstić information content (AvgIpc) is 3.35. The van der Waals surface area contributed by atoms with Gasteiger partial charge in [-0.25, -0.2) is 13.4 Å². The topological polar surface area (TPSA) is 89.7 Å². The second-order valence-corrected chi connectivity index (χ2v) is 9.54. The number of hydrogen-bond donors (Lipinski definition) is 0. The van der Waals surface area contributed by atoms with Gasteiger partial charge in [0, 0.05) is 19.3 Å². The molecule has 2 heterocycles. The molecule has 1 aromatic carbocycles. The lowest BCUT2D eigenvalue weighted by molar-refractivity contribution is -0.189. The third kappa shape index (κ3) is 5.60. The van der Waals surface area contributed by atoms with Gasteiger partial charge in [0.1, 0.15) is 5.75 Å². The van der Waals surface area contributed by atoms with Crippen LogP contribution in [0.15, 0.2) is 33.7 Å². The number of benzene rings is 1.